The lowest BCUT2D eigenvalue weighted by Crippen LogP contribution is -2.10. The van der Waals surface area contributed by atoms with Crippen LogP contribution in [-0.2, 0) is 6.42 Å². The smallest absolute Gasteiger partial charge is 0.155 e. The molecule has 0 unspecified atom stereocenters. The first-order valence-corrected chi connectivity index (χ1v) is 7.18. The largest absolute Gasteiger partial charge is 0.319 e. The highest BCUT2D eigenvalue weighted by Crippen LogP contribution is 2.21. The second-order valence-electron chi connectivity index (χ2n) is 4.43. The number of nitrogens with one attached hydrogen (secondary N) is 1. The van der Waals surface area contributed by atoms with Gasteiger partial charge in [-0.05, 0) is 47.2 Å². The summed E-state index contributed by atoms with van der Waals surface area (Å²) in [5.74, 6) is 0. The van der Waals surface area contributed by atoms with Gasteiger partial charge in [0.2, 0.25) is 0 Å². The molecule has 102 valence electrons. The lowest BCUT2D eigenvalue weighted by atomic mass is 10.2. The molecule has 0 amide bonds. The van der Waals surface area contributed by atoms with Gasteiger partial charge in [0.15, 0.2) is 5.65 Å². The molecule has 6 heteroatoms. The minimum atomic E-state index is 0.843. The molecule has 1 N–H and O–H groups in total. The Morgan fingerprint density at radius 1 is 1.30 bits per heavy atom. The van der Waals surface area contributed by atoms with Crippen LogP contribution in [0.5, 0.6) is 0 Å². The van der Waals surface area contributed by atoms with E-state index in [9.17, 15) is 0 Å². The number of imidazole rings is 1. The quantitative estimate of drug-likeness (QED) is 0.797. The molecule has 0 radical (unpaired) electrons. The van der Waals surface area contributed by atoms with Gasteiger partial charge in [-0.3, -0.25) is 4.98 Å². The Kier molecular flexibility index (Phi) is 3.75. The van der Waals surface area contributed by atoms with E-state index in [0.29, 0.717) is 0 Å². The third-order valence-corrected chi connectivity index (χ3v) is 3.85. The van der Waals surface area contributed by atoms with E-state index in [2.05, 4.69) is 36.3 Å². The number of halogens is 1. The van der Waals surface area contributed by atoms with Crippen molar-refractivity contribution in [1.82, 2.24) is 24.9 Å². The van der Waals surface area contributed by atoms with Crippen molar-refractivity contribution in [2.45, 2.75) is 6.42 Å². The van der Waals surface area contributed by atoms with Crippen LogP contribution in [-0.4, -0.2) is 33.2 Å². The summed E-state index contributed by atoms with van der Waals surface area (Å²) < 4.78 is 2.74. The number of aromatic nitrogens is 4. The molecule has 0 aromatic carbocycles. The highest BCUT2D eigenvalue weighted by Gasteiger charge is 2.11. The number of nitrogens with zero attached hydrogens (tertiary/aromatic N) is 4. The molecular weight excluding hydrogens is 318 g/mol. The second kappa shape index (κ2) is 5.68. The maximum Gasteiger partial charge on any atom is 0.155 e. The molecule has 0 aliphatic rings. The fraction of sp³-hybridized carbons (Fsp3) is 0.214. The van der Waals surface area contributed by atoms with Gasteiger partial charge < -0.3 is 5.32 Å². The molecule has 3 heterocycles. The second-order valence-corrected chi connectivity index (χ2v) is 5.18. The normalized spacial score (nSPS) is 11.1. The Balaban J connectivity index is 2.05. The summed E-state index contributed by atoms with van der Waals surface area (Å²) >= 11 is 3.58. The maximum atomic E-state index is 4.62. The van der Waals surface area contributed by atoms with Crippen molar-refractivity contribution >= 4 is 21.6 Å². The Hall–Kier alpha value is -1.79. The molecule has 3 aromatic heterocycles. The average molecular weight is 332 g/mol. The van der Waals surface area contributed by atoms with Crippen LogP contribution in [0.15, 0.2) is 41.3 Å². The van der Waals surface area contributed by atoms with E-state index in [4.69, 9.17) is 0 Å². The van der Waals surface area contributed by atoms with Gasteiger partial charge in [0.05, 0.1) is 11.4 Å². The van der Waals surface area contributed by atoms with E-state index >= 15 is 0 Å². The van der Waals surface area contributed by atoms with Crippen molar-refractivity contribution < 1.29 is 0 Å². The van der Waals surface area contributed by atoms with E-state index < -0.39 is 0 Å². The van der Waals surface area contributed by atoms with Gasteiger partial charge in [-0.25, -0.2) is 9.50 Å². The van der Waals surface area contributed by atoms with Gasteiger partial charge in [-0.15, -0.1) is 0 Å². The number of hydrogen-bond acceptors (Lipinski definition) is 4. The highest BCUT2D eigenvalue weighted by molar-refractivity contribution is 9.10. The molecule has 3 aromatic rings. The van der Waals surface area contributed by atoms with Gasteiger partial charge in [0, 0.05) is 30.9 Å². The molecule has 5 nitrogen and oxygen atoms in total. The molecule has 0 spiro atoms. The van der Waals surface area contributed by atoms with Crippen LogP contribution in [0.3, 0.4) is 0 Å². The summed E-state index contributed by atoms with van der Waals surface area (Å²) in [4.78, 5) is 8.71. The molecule has 0 aliphatic heterocycles. The minimum absolute atomic E-state index is 0.843. The van der Waals surface area contributed by atoms with Crippen LogP contribution in [0.1, 0.15) is 5.69 Å². The fourth-order valence-electron chi connectivity index (χ4n) is 2.02. The first kappa shape index (κ1) is 13.2. The molecular formula is C14H14BrN5. The van der Waals surface area contributed by atoms with Gasteiger partial charge >= 0.3 is 0 Å². The van der Waals surface area contributed by atoms with E-state index in [1.54, 1.807) is 12.4 Å². The van der Waals surface area contributed by atoms with Gasteiger partial charge in [0.1, 0.15) is 4.60 Å². The zero-order valence-corrected chi connectivity index (χ0v) is 12.6. The molecule has 0 saturated carbocycles. The lowest BCUT2D eigenvalue weighted by molar-refractivity contribution is 0.775. The first-order chi connectivity index (χ1) is 9.79. The van der Waals surface area contributed by atoms with E-state index in [1.165, 1.54) is 0 Å². The fourth-order valence-corrected chi connectivity index (χ4v) is 2.57. The molecule has 0 aliphatic carbocycles. The SMILES string of the molecule is CNCCc1nc2ccc(-c3cccnc3)nn2c1Br. The van der Waals surface area contributed by atoms with Crippen molar-refractivity contribution in [2.75, 3.05) is 13.6 Å². The molecule has 0 bridgehead atoms. The van der Waals surface area contributed by atoms with Gasteiger partial charge in [-0.1, -0.05) is 0 Å². The molecule has 0 saturated heterocycles. The average Bonchev–Trinajstić information content (AvgIpc) is 2.82. The van der Waals surface area contributed by atoms with Crippen LogP contribution in [0.2, 0.25) is 0 Å². The third-order valence-electron chi connectivity index (χ3n) is 3.06. The van der Waals surface area contributed by atoms with Crippen LogP contribution in [0, 0.1) is 0 Å². The Bertz CT molecular complexity index is 723. The molecule has 0 atom stereocenters. The molecule has 0 fully saturated rings. The first-order valence-electron chi connectivity index (χ1n) is 6.39. The third kappa shape index (κ3) is 2.44. The Labute approximate surface area is 125 Å². The number of fused-ring (bicyclic) bond motifs is 1. The van der Waals surface area contributed by atoms with Crippen molar-refractivity contribution in [3.63, 3.8) is 0 Å². The molecule has 3 rings (SSSR count). The van der Waals surface area contributed by atoms with Crippen LogP contribution < -0.4 is 5.32 Å². The summed E-state index contributed by atoms with van der Waals surface area (Å²) in [5, 5.41) is 7.75. The number of rotatable bonds is 4. The number of pyridine rings is 1. The predicted octanol–water partition coefficient (Wildman–Crippen LogP) is 2.32. The van der Waals surface area contributed by atoms with E-state index in [0.717, 1.165) is 40.2 Å². The maximum absolute atomic E-state index is 4.62. The van der Waals surface area contributed by atoms with Crippen LogP contribution >= 0.6 is 15.9 Å². The summed E-state index contributed by atoms with van der Waals surface area (Å²) in [5.41, 5.74) is 3.72. The highest BCUT2D eigenvalue weighted by atomic mass is 79.9. The summed E-state index contributed by atoms with van der Waals surface area (Å²) in [7, 11) is 1.93. The van der Waals surface area contributed by atoms with Crippen molar-refractivity contribution in [3.05, 3.63) is 47.0 Å². The lowest BCUT2D eigenvalue weighted by Gasteiger charge is -2.01. The monoisotopic (exact) mass is 331 g/mol. The van der Waals surface area contributed by atoms with Gasteiger partial charge in [-0.2, -0.15) is 5.10 Å². The Morgan fingerprint density at radius 2 is 2.20 bits per heavy atom. The predicted molar refractivity (Wildman–Crippen MR) is 81.5 cm³/mol. The van der Waals surface area contributed by atoms with E-state index in [1.807, 2.05) is 35.8 Å². The number of likely N-dealkylation sites (N-methyl/N-ethyl adjacent to an activating group) is 1. The van der Waals surface area contributed by atoms with Crippen molar-refractivity contribution in [2.24, 2.45) is 0 Å². The van der Waals surface area contributed by atoms with Crippen LogP contribution in [0.4, 0.5) is 0 Å². The summed E-state index contributed by atoms with van der Waals surface area (Å²) in [6.45, 7) is 0.887. The molecule has 20 heavy (non-hydrogen) atoms. The summed E-state index contributed by atoms with van der Waals surface area (Å²) in [6.07, 6.45) is 4.43. The zero-order valence-electron chi connectivity index (χ0n) is 11.0. The van der Waals surface area contributed by atoms with Crippen molar-refractivity contribution in [3.8, 4) is 11.3 Å². The minimum Gasteiger partial charge on any atom is -0.319 e. The van der Waals surface area contributed by atoms with E-state index in [-0.39, 0.29) is 0 Å². The zero-order chi connectivity index (χ0) is 13.9. The number of hydrogen-bond donors (Lipinski definition) is 1. The van der Waals surface area contributed by atoms with Crippen molar-refractivity contribution in [1.29, 1.82) is 0 Å². The van der Waals surface area contributed by atoms with Crippen LogP contribution in [0.25, 0.3) is 16.9 Å². The van der Waals surface area contributed by atoms with Gasteiger partial charge in [0.25, 0.3) is 0 Å². The summed E-state index contributed by atoms with van der Waals surface area (Å²) in [6, 6.07) is 7.84. The Morgan fingerprint density at radius 3 is 2.95 bits per heavy atom. The topological polar surface area (TPSA) is 55.1 Å². The standard InChI is InChI=1S/C14H14BrN5/c1-16-8-6-12-14(15)20-13(18-12)5-4-11(19-20)10-3-2-7-17-9-10/h2-5,7,9,16H,6,8H2,1H3.